The molecule has 0 saturated carbocycles. The molecule has 138 valence electrons. The first-order valence-electron chi connectivity index (χ1n) is 8.92. The molecule has 0 radical (unpaired) electrons. The van der Waals surface area contributed by atoms with Crippen LogP contribution in [0.15, 0.2) is 53.3 Å². The Morgan fingerprint density at radius 1 is 1.07 bits per heavy atom. The zero-order valence-corrected chi connectivity index (χ0v) is 15.4. The van der Waals surface area contributed by atoms with Crippen molar-refractivity contribution in [3.8, 4) is 0 Å². The molecular formula is C20H19ClN4O2. The molecule has 0 aliphatic carbocycles. The van der Waals surface area contributed by atoms with Gasteiger partial charge in [0.1, 0.15) is 6.54 Å². The van der Waals surface area contributed by atoms with E-state index in [4.69, 9.17) is 11.6 Å². The number of rotatable bonds is 4. The highest BCUT2D eigenvalue weighted by Crippen LogP contribution is 2.19. The van der Waals surface area contributed by atoms with Gasteiger partial charge in [0, 0.05) is 23.8 Å². The van der Waals surface area contributed by atoms with Gasteiger partial charge < -0.3 is 10.2 Å². The summed E-state index contributed by atoms with van der Waals surface area (Å²) in [6.07, 6.45) is 2.09. The minimum absolute atomic E-state index is 0.0780. The number of amides is 1. The number of hydrogen-bond acceptors (Lipinski definition) is 4. The van der Waals surface area contributed by atoms with Crippen LogP contribution in [0.5, 0.6) is 0 Å². The molecule has 27 heavy (non-hydrogen) atoms. The maximum absolute atomic E-state index is 13.1. The molecule has 0 atom stereocenters. The van der Waals surface area contributed by atoms with Crippen molar-refractivity contribution in [2.24, 2.45) is 0 Å². The van der Waals surface area contributed by atoms with Crippen LogP contribution in [0.2, 0.25) is 5.02 Å². The minimum Gasteiger partial charge on any atom is -0.352 e. The van der Waals surface area contributed by atoms with Crippen molar-refractivity contribution in [3.63, 3.8) is 0 Å². The zero-order chi connectivity index (χ0) is 18.8. The predicted octanol–water partition coefficient (Wildman–Crippen LogP) is 3.29. The van der Waals surface area contributed by atoms with E-state index in [1.807, 2.05) is 29.2 Å². The van der Waals surface area contributed by atoms with Gasteiger partial charge in [0.05, 0.1) is 11.0 Å². The predicted molar refractivity (Wildman–Crippen MR) is 108 cm³/mol. The first kappa shape index (κ1) is 17.5. The molecule has 0 spiro atoms. The van der Waals surface area contributed by atoms with E-state index in [0.717, 1.165) is 25.9 Å². The van der Waals surface area contributed by atoms with Crippen molar-refractivity contribution in [2.45, 2.75) is 19.4 Å². The van der Waals surface area contributed by atoms with Gasteiger partial charge in [0.2, 0.25) is 5.91 Å². The van der Waals surface area contributed by atoms with E-state index < -0.39 is 0 Å². The Bertz CT molecular complexity index is 1040. The first-order valence-corrected chi connectivity index (χ1v) is 9.29. The van der Waals surface area contributed by atoms with Crippen molar-refractivity contribution in [3.05, 3.63) is 63.9 Å². The van der Waals surface area contributed by atoms with E-state index in [1.165, 1.54) is 4.57 Å². The Kier molecular flexibility index (Phi) is 4.81. The molecule has 1 aliphatic rings. The summed E-state index contributed by atoms with van der Waals surface area (Å²) < 4.78 is 1.50. The summed E-state index contributed by atoms with van der Waals surface area (Å²) in [5, 5.41) is 3.40. The van der Waals surface area contributed by atoms with Crippen LogP contribution in [-0.4, -0.2) is 28.5 Å². The average molecular weight is 383 g/mol. The van der Waals surface area contributed by atoms with E-state index in [-0.39, 0.29) is 18.0 Å². The van der Waals surface area contributed by atoms with Gasteiger partial charge in [-0.1, -0.05) is 23.7 Å². The summed E-state index contributed by atoms with van der Waals surface area (Å²) in [7, 11) is 0. The summed E-state index contributed by atoms with van der Waals surface area (Å²) in [5.41, 5.74) is 1.76. The van der Waals surface area contributed by atoms with Gasteiger partial charge in [-0.2, -0.15) is 0 Å². The lowest BCUT2D eigenvalue weighted by molar-refractivity contribution is -0.116. The summed E-state index contributed by atoms with van der Waals surface area (Å²) >= 11 is 5.87. The van der Waals surface area contributed by atoms with Crippen LogP contribution in [0.3, 0.4) is 0 Å². The lowest BCUT2D eigenvalue weighted by atomic mass is 10.3. The van der Waals surface area contributed by atoms with Crippen molar-refractivity contribution >= 4 is 40.0 Å². The second-order valence-corrected chi connectivity index (χ2v) is 7.00. The number of fused-ring (bicyclic) bond motifs is 1. The van der Waals surface area contributed by atoms with Gasteiger partial charge in [-0.05, 0) is 49.2 Å². The Hall–Kier alpha value is -2.86. The average Bonchev–Trinajstić information content (AvgIpc) is 3.20. The molecule has 4 rings (SSSR count). The number of benzene rings is 2. The third-order valence-electron chi connectivity index (χ3n) is 4.67. The minimum atomic E-state index is -0.275. The largest absolute Gasteiger partial charge is 0.352 e. The number of nitrogens with one attached hydrogen (secondary N) is 1. The second-order valence-electron chi connectivity index (χ2n) is 6.56. The number of halogens is 1. The van der Waals surface area contributed by atoms with Gasteiger partial charge in [0.25, 0.3) is 5.56 Å². The molecule has 1 fully saturated rings. The maximum Gasteiger partial charge on any atom is 0.294 e. The smallest absolute Gasteiger partial charge is 0.294 e. The molecule has 0 bridgehead atoms. The Morgan fingerprint density at radius 2 is 1.78 bits per heavy atom. The fourth-order valence-corrected chi connectivity index (χ4v) is 3.47. The zero-order valence-electron chi connectivity index (χ0n) is 14.7. The Balaban J connectivity index is 1.69. The van der Waals surface area contributed by atoms with Crippen molar-refractivity contribution in [1.82, 2.24) is 9.55 Å². The summed E-state index contributed by atoms with van der Waals surface area (Å²) in [6, 6.07) is 14.3. The van der Waals surface area contributed by atoms with Crippen LogP contribution in [0.4, 0.5) is 11.5 Å². The molecule has 6 nitrogen and oxygen atoms in total. The van der Waals surface area contributed by atoms with E-state index in [9.17, 15) is 9.59 Å². The molecule has 3 aromatic rings. The fraction of sp³-hybridized carbons (Fsp3) is 0.250. The summed E-state index contributed by atoms with van der Waals surface area (Å²) in [5.74, 6) is 0.147. The lowest BCUT2D eigenvalue weighted by Gasteiger charge is -2.18. The maximum atomic E-state index is 13.1. The van der Waals surface area contributed by atoms with E-state index in [1.54, 1.807) is 24.3 Å². The standard InChI is InChI=1S/C20H19ClN4O2/c21-14-7-9-15(10-8-14)22-18(26)13-25-17-6-2-1-5-16(17)23-19(20(25)27)24-11-3-4-12-24/h1-2,5-10H,3-4,11-13H2,(H,22,26). The highest BCUT2D eigenvalue weighted by Gasteiger charge is 2.21. The first-order chi connectivity index (χ1) is 13.1. The molecule has 0 unspecified atom stereocenters. The highest BCUT2D eigenvalue weighted by atomic mass is 35.5. The number of para-hydroxylation sites is 2. The molecule has 1 aliphatic heterocycles. The lowest BCUT2D eigenvalue weighted by Crippen LogP contribution is -2.34. The van der Waals surface area contributed by atoms with Crippen LogP contribution in [0.25, 0.3) is 11.0 Å². The summed E-state index contributed by atoms with van der Waals surface area (Å²) in [4.78, 5) is 32.2. The normalized spacial score (nSPS) is 13.9. The number of nitrogens with zero attached hydrogens (tertiary/aromatic N) is 3. The van der Waals surface area contributed by atoms with E-state index in [2.05, 4.69) is 10.3 Å². The van der Waals surface area contributed by atoms with Gasteiger partial charge in [-0.3, -0.25) is 14.2 Å². The van der Waals surface area contributed by atoms with Crippen molar-refractivity contribution in [1.29, 1.82) is 0 Å². The number of carbonyl (C=O) groups is 1. The number of aromatic nitrogens is 2. The Morgan fingerprint density at radius 3 is 2.52 bits per heavy atom. The van der Waals surface area contributed by atoms with Gasteiger partial charge >= 0.3 is 0 Å². The molecule has 1 amide bonds. The molecule has 1 saturated heterocycles. The highest BCUT2D eigenvalue weighted by molar-refractivity contribution is 6.30. The third kappa shape index (κ3) is 3.66. The molecule has 2 aromatic carbocycles. The Labute approximate surface area is 161 Å². The molecule has 7 heteroatoms. The fourth-order valence-electron chi connectivity index (χ4n) is 3.35. The van der Waals surface area contributed by atoms with E-state index >= 15 is 0 Å². The third-order valence-corrected chi connectivity index (χ3v) is 4.92. The van der Waals surface area contributed by atoms with Gasteiger partial charge in [-0.25, -0.2) is 4.98 Å². The molecule has 1 N–H and O–H groups in total. The topological polar surface area (TPSA) is 67.2 Å². The van der Waals surface area contributed by atoms with Gasteiger partial charge in [-0.15, -0.1) is 0 Å². The van der Waals surface area contributed by atoms with E-state index in [0.29, 0.717) is 27.6 Å². The molecule has 1 aromatic heterocycles. The SMILES string of the molecule is O=C(Cn1c(=O)c(N2CCCC2)nc2ccccc21)Nc1ccc(Cl)cc1. The number of anilines is 2. The van der Waals surface area contributed by atoms with Crippen LogP contribution >= 0.6 is 11.6 Å². The van der Waals surface area contributed by atoms with Crippen molar-refractivity contribution < 1.29 is 4.79 Å². The second kappa shape index (κ2) is 7.40. The van der Waals surface area contributed by atoms with Crippen molar-refractivity contribution in [2.75, 3.05) is 23.3 Å². The van der Waals surface area contributed by atoms with Gasteiger partial charge in [0.15, 0.2) is 5.82 Å². The monoisotopic (exact) mass is 382 g/mol. The summed E-state index contributed by atoms with van der Waals surface area (Å²) in [6.45, 7) is 1.56. The van der Waals surface area contributed by atoms with Crippen LogP contribution in [-0.2, 0) is 11.3 Å². The van der Waals surface area contributed by atoms with Crippen LogP contribution < -0.4 is 15.8 Å². The van der Waals surface area contributed by atoms with Crippen LogP contribution in [0, 0.1) is 0 Å². The quantitative estimate of drug-likeness (QED) is 0.751. The molecular weight excluding hydrogens is 364 g/mol. The molecule has 2 heterocycles. The number of hydrogen-bond donors (Lipinski definition) is 1. The number of carbonyl (C=O) groups excluding carboxylic acids is 1. The van der Waals surface area contributed by atoms with Crippen LogP contribution in [0.1, 0.15) is 12.8 Å².